The second-order valence-electron chi connectivity index (χ2n) is 10.4. The summed E-state index contributed by atoms with van der Waals surface area (Å²) >= 11 is 5.92. The third-order valence-corrected chi connectivity index (χ3v) is 8.71. The Bertz CT molecular complexity index is 672. The number of piperidine rings is 1. The lowest BCUT2D eigenvalue weighted by Crippen LogP contribution is -2.64. The van der Waals surface area contributed by atoms with Gasteiger partial charge in [-0.3, -0.25) is 9.59 Å². The van der Waals surface area contributed by atoms with Crippen LogP contribution in [-0.4, -0.2) is 71.5 Å². The van der Waals surface area contributed by atoms with Crippen LogP contribution in [-0.2, 0) is 14.3 Å². The summed E-state index contributed by atoms with van der Waals surface area (Å²) in [4.78, 5) is 25.5. The van der Waals surface area contributed by atoms with Crippen LogP contribution in [0.1, 0.15) is 70.6 Å². The smallest absolute Gasteiger partial charge is 0.246 e. The first-order valence-electron chi connectivity index (χ1n) is 12.2. The van der Waals surface area contributed by atoms with E-state index in [4.69, 9.17) is 16.3 Å². The molecule has 1 aliphatic heterocycles. The Morgan fingerprint density at radius 2 is 1.69 bits per heavy atom. The van der Waals surface area contributed by atoms with Gasteiger partial charge >= 0.3 is 0 Å². The van der Waals surface area contributed by atoms with Gasteiger partial charge < -0.3 is 25.8 Å². The van der Waals surface area contributed by atoms with Crippen LogP contribution in [0.3, 0.4) is 0 Å². The molecule has 5 aliphatic rings. The molecule has 2 amide bonds. The van der Waals surface area contributed by atoms with Crippen LogP contribution in [0.4, 0.5) is 4.39 Å². The van der Waals surface area contributed by atoms with Crippen molar-refractivity contribution in [1.82, 2.24) is 16.0 Å². The molecule has 5 unspecified atom stereocenters. The Morgan fingerprint density at radius 1 is 1.03 bits per heavy atom. The Morgan fingerprint density at radius 3 is 2.31 bits per heavy atom. The van der Waals surface area contributed by atoms with Gasteiger partial charge in [-0.05, 0) is 70.8 Å². The monoisotopic (exact) mass is 473 g/mol. The molecule has 0 aromatic heterocycles. The molecule has 7 nitrogen and oxygen atoms in total. The molecule has 0 aromatic rings. The highest BCUT2D eigenvalue weighted by atomic mass is 35.5. The fourth-order valence-corrected chi connectivity index (χ4v) is 6.26. The van der Waals surface area contributed by atoms with Gasteiger partial charge in [0, 0.05) is 29.5 Å². The fourth-order valence-electron chi connectivity index (χ4n) is 6.03. The third-order valence-electron chi connectivity index (χ3n) is 8.22. The molecule has 1 saturated heterocycles. The lowest BCUT2D eigenvalue weighted by Gasteiger charge is -2.54. The number of hydrogen-bond donors (Lipinski definition) is 4. The van der Waals surface area contributed by atoms with Crippen molar-refractivity contribution in [2.75, 3.05) is 19.8 Å². The average Bonchev–Trinajstić information content (AvgIpc) is 2.81. The van der Waals surface area contributed by atoms with E-state index in [2.05, 4.69) is 16.0 Å². The number of amides is 2. The van der Waals surface area contributed by atoms with Crippen molar-refractivity contribution in [2.45, 2.75) is 105 Å². The predicted octanol–water partition coefficient (Wildman–Crippen LogP) is 1.94. The molecule has 4 saturated carbocycles. The van der Waals surface area contributed by atoms with E-state index in [0.717, 1.165) is 51.5 Å². The number of alkyl halides is 2. The zero-order valence-corrected chi connectivity index (χ0v) is 19.5. The molecule has 0 spiro atoms. The molecule has 0 aromatic carbocycles. The molecule has 5 rings (SSSR count). The molecule has 2 bridgehead atoms. The second-order valence-corrected chi connectivity index (χ2v) is 11.0. The van der Waals surface area contributed by atoms with Crippen LogP contribution in [0, 0.1) is 5.92 Å². The van der Waals surface area contributed by atoms with Crippen molar-refractivity contribution in [3.05, 3.63) is 0 Å². The summed E-state index contributed by atoms with van der Waals surface area (Å²) in [6, 6.07) is 0.000515. The van der Waals surface area contributed by atoms with E-state index in [1.807, 2.05) is 0 Å². The minimum absolute atomic E-state index is 0.000515. The van der Waals surface area contributed by atoms with Crippen LogP contribution >= 0.6 is 11.6 Å². The Hall–Kier alpha value is -0.960. The fraction of sp³-hybridized carbons (Fsp3) is 0.913. The lowest BCUT2D eigenvalue weighted by atomic mass is 9.61. The number of halogens is 2. The molecule has 4 aliphatic carbocycles. The van der Waals surface area contributed by atoms with Crippen molar-refractivity contribution >= 4 is 23.4 Å². The van der Waals surface area contributed by atoms with Gasteiger partial charge in [-0.25, -0.2) is 4.39 Å². The summed E-state index contributed by atoms with van der Waals surface area (Å²) in [5.74, 6) is -0.0859. The van der Waals surface area contributed by atoms with E-state index >= 15 is 0 Å². The number of carbonyl (C=O) groups excluding carboxylic acids is 2. The van der Waals surface area contributed by atoms with E-state index in [1.165, 1.54) is 0 Å². The molecule has 32 heavy (non-hydrogen) atoms. The molecule has 1 heterocycles. The molecular weight excluding hydrogens is 437 g/mol. The quantitative estimate of drug-likeness (QED) is 0.423. The average molecular weight is 474 g/mol. The molecule has 5 atom stereocenters. The summed E-state index contributed by atoms with van der Waals surface area (Å²) in [6.45, 7) is 0.770. The minimum Gasteiger partial charge on any atom is -0.395 e. The van der Waals surface area contributed by atoms with Gasteiger partial charge in [-0.15, -0.1) is 11.6 Å². The number of aliphatic hydroxyl groups is 1. The highest BCUT2D eigenvalue weighted by Crippen LogP contribution is 2.47. The number of nitrogens with one attached hydrogen (secondary N) is 3. The molecule has 9 heteroatoms. The van der Waals surface area contributed by atoms with Crippen molar-refractivity contribution in [3.8, 4) is 0 Å². The van der Waals surface area contributed by atoms with E-state index in [-0.39, 0.29) is 60.6 Å². The number of carbonyl (C=O) groups is 2. The highest BCUT2D eigenvalue weighted by Gasteiger charge is 2.50. The lowest BCUT2D eigenvalue weighted by molar-refractivity contribution is -0.135. The van der Waals surface area contributed by atoms with Crippen LogP contribution in [0.25, 0.3) is 0 Å². The summed E-state index contributed by atoms with van der Waals surface area (Å²) in [7, 11) is 0. The van der Waals surface area contributed by atoms with Crippen molar-refractivity contribution in [2.24, 2.45) is 5.92 Å². The number of aliphatic hydroxyl groups excluding tert-OH is 1. The Labute approximate surface area is 194 Å². The van der Waals surface area contributed by atoms with Crippen molar-refractivity contribution in [1.29, 1.82) is 0 Å². The summed E-state index contributed by atoms with van der Waals surface area (Å²) in [6.07, 6.45) is 6.77. The van der Waals surface area contributed by atoms with Gasteiger partial charge in [0.25, 0.3) is 0 Å². The summed E-state index contributed by atoms with van der Waals surface area (Å²) in [5, 5.41) is 18.7. The highest BCUT2D eigenvalue weighted by molar-refractivity contribution is 6.21. The van der Waals surface area contributed by atoms with Crippen molar-refractivity contribution < 1.29 is 23.8 Å². The third kappa shape index (κ3) is 5.57. The molecule has 0 radical (unpaired) electrons. The first kappa shape index (κ1) is 24.2. The van der Waals surface area contributed by atoms with Gasteiger partial charge in [0.05, 0.1) is 18.1 Å². The number of ether oxygens (including phenoxy) is 1. The first-order chi connectivity index (χ1) is 15.3. The van der Waals surface area contributed by atoms with Crippen LogP contribution in [0.15, 0.2) is 0 Å². The van der Waals surface area contributed by atoms with Gasteiger partial charge in [0.15, 0.2) is 0 Å². The maximum Gasteiger partial charge on any atom is 0.246 e. The van der Waals surface area contributed by atoms with E-state index in [9.17, 15) is 19.1 Å². The maximum absolute atomic E-state index is 13.8. The molecular formula is C23H37ClFN3O4. The van der Waals surface area contributed by atoms with Gasteiger partial charge in [0.2, 0.25) is 11.8 Å². The minimum atomic E-state index is -1.07. The SMILES string of the molecule is O=C(COC1CCC(Cl)C(F)C1)NC12CCC(NC(=O)C3CCNC(CO)C3)(CC1)CC2. The molecule has 4 N–H and O–H groups in total. The van der Waals surface area contributed by atoms with Crippen LogP contribution < -0.4 is 16.0 Å². The largest absolute Gasteiger partial charge is 0.395 e. The van der Waals surface area contributed by atoms with Crippen molar-refractivity contribution in [3.63, 3.8) is 0 Å². The Kier molecular flexibility index (Phi) is 7.64. The van der Waals surface area contributed by atoms with Gasteiger partial charge in [0.1, 0.15) is 12.8 Å². The van der Waals surface area contributed by atoms with E-state index < -0.39 is 11.5 Å². The molecule has 5 fully saturated rings. The topological polar surface area (TPSA) is 99.7 Å². The number of fused-ring (bicyclic) bond motifs is 3. The predicted molar refractivity (Wildman–Crippen MR) is 119 cm³/mol. The van der Waals surface area contributed by atoms with E-state index in [1.54, 1.807) is 0 Å². The van der Waals surface area contributed by atoms with Crippen LogP contribution in [0.2, 0.25) is 0 Å². The van der Waals surface area contributed by atoms with Crippen LogP contribution in [0.5, 0.6) is 0 Å². The molecule has 182 valence electrons. The normalized spacial score (nSPS) is 41.8. The Balaban J connectivity index is 1.22. The van der Waals surface area contributed by atoms with Gasteiger partial charge in [-0.2, -0.15) is 0 Å². The zero-order valence-electron chi connectivity index (χ0n) is 18.7. The van der Waals surface area contributed by atoms with E-state index in [0.29, 0.717) is 19.3 Å². The first-order valence-corrected chi connectivity index (χ1v) is 12.6. The summed E-state index contributed by atoms with van der Waals surface area (Å²) in [5.41, 5.74) is -0.393. The standard InChI is InChI=1S/C23H37ClFN3O4/c24-18-2-1-17(12-19(18)25)32-14-20(30)27-22-4-7-23(8-5-22,9-6-22)28-21(31)15-3-10-26-16(11-15)13-29/h15-19,26,29H,1-14H2,(H,27,30)(H,28,31). The maximum atomic E-state index is 13.8. The zero-order chi connectivity index (χ0) is 22.8. The number of rotatable bonds is 7. The van der Waals surface area contributed by atoms with Gasteiger partial charge in [-0.1, -0.05) is 0 Å². The second kappa shape index (κ2) is 10.1. The summed E-state index contributed by atoms with van der Waals surface area (Å²) < 4.78 is 19.4. The number of hydrogen-bond acceptors (Lipinski definition) is 5.